The molecule has 0 saturated carbocycles. The van der Waals surface area contributed by atoms with Gasteiger partial charge in [-0.15, -0.1) is 11.6 Å². The number of halogens is 1. The Morgan fingerprint density at radius 2 is 2.47 bits per heavy atom. The summed E-state index contributed by atoms with van der Waals surface area (Å²) in [6.07, 6.45) is 2.53. The average Bonchev–Trinajstić information content (AvgIpc) is 2.77. The van der Waals surface area contributed by atoms with Crippen molar-refractivity contribution in [3.63, 3.8) is 0 Å². The predicted octanol–water partition coefficient (Wildman–Crippen LogP) is 1.69. The molecule has 1 aromatic rings. The van der Waals surface area contributed by atoms with Gasteiger partial charge in [0, 0.05) is 25.2 Å². The van der Waals surface area contributed by atoms with Crippen LogP contribution >= 0.6 is 11.6 Å². The monoisotopic (exact) mass is 254 g/mol. The van der Waals surface area contributed by atoms with Crippen molar-refractivity contribution < 1.29 is 9.53 Å². The summed E-state index contributed by atoms with van der Waals surface area (Å²) >= 11 is 5.77. The topological polar surface area (TPSA) is 42.4 Å². The highest BCUT2D eigenvalue weighted by molar-refractivity contribution is 6.30. The average molecular weight is 255 g/mol. The van der Waals surface area contributed by atoms with E-state index in [0.29, 0.717) is 19.0 Å². The smallest absolute Gasteiger partial charge is 0.240 e. The van der Waals surface area contributed by atoms with Gasteiger partial charge in [-0.3, -0.25) is 4.79 Å². The summed E-state index contributed by atoms with van der Waals surface area (Å²) < 4.78 is 5.69. The van der Waals surface area contributed by atoms with Crippen LogP contribution in [0.5, 0.6) is 5.88 Å². The lowest BCUT2D eigenvalue weighted by Gasteiger charge is -2.17. The number of alkyl halides is 1. The van der Waals surface area contributed by atoms with Gasteiger partial charge in [-0.1, -0.05) is 6.07 Å². The molecule has 0 radical (unpaired) electrons. The molecule has 0 aromatic carbocycles. The first kappa shape index (κ1) is 12.2. The van der Waals surface area contributed by atoms with Gasteiger partial charge in [0.25, 0.3) is 0 Å². The lowest BCUT2D eigenvalue weighted by molar-refractivity contribution is -0.129. The van der Waals surface area contributed by atoms with Crippen LogP contribution < -0.4 is 4.74 Å². The van der Waals surface area contributed by atoms with Crippen molar-refractivity contribution in [1.82, 2.24) is 9.88 Å². The molecule has 0 bridgehead atoms. The second-order valence-electron chi connectivity index (χ2n) is 4.10. The Hall–Kier alpha value is -1.29. The summed E-state index contributed by atoms with van der Waals surface area (Å²) in [7, 11) is 0. The fraction of sp³-hybridized carbons (Fsp3) is 0.500. The van der Waals surface area contributed by atoms with Gasteiger partial charge in [-0.05, 0) is 13.0 Å². The molecule has 5 heteroatoms. The summed E-state index contributed by atoms with van der Waals surface area (Å²) in [6.45, 7) is 2.98. The second-order valence-corrected chi connectivity index (χ2v) is 4.75. The number of ether oxygens (including phenoxy) is 1. The molecule has 4 nitrogen and oxygen atoms in total. The van der Waals surface area contributed by atoms with Gasteiger partial charge in [0.15, 0.2) is 0 Å². The summed E-state index contributed by atoms with van der Waals surface area (Å²) in [5, 5.41) is -0.469. The molecule has 2 heterocycles. The van der Waals surface area contributed by atoms with Crippen molar-refractivity contribution in [3.8, 4) is 5.88 Å². The van der Waals surface area contributed by atoms with E-state index in [1.54, 1.807) is 18.0 Å². The third-order valence-corrected chi connectivity index (χ3v) is 2.91. The van der Waals surface area contributed by atoms with Crippen molar-refractivity contribution in [2.75, 3.05) is 13.1 Å². The van der Waals surface area contributed by atoms with Gasteiger partial charge in [-0.2, -0.15) is 0 Å². The van der Waals surface area contributed by atoms with Gasteiger partial charge in [-0.25, -0.2) is 4.98 Å². The van der Waals surface area contributed by atoms with Crippen molar-refractivity contribution >= 4 is 17.5 Å². The van der Waals surface area contributed by atoms with E-state index in [9.17, 15) is 4.79 Å². The molecule has 1 amide bonds. The molecular formula is C12H15ClN2O2. The minimum atomic E-state index is -0.469. The zero-order chi connectivity index (χ0) is 12.3. The molecule has 0 N–H and O–H groups in total. The Balaban J connectivity index is 1.88. The third-order valence-electron chi connectivity index (χ3n) is 2.72. The maximum Gasteiger partial charge on any atom is 0.240 e. The number of aromatic nitrogens is 1. The predicted molar refractivity (Wildman–Crippen MR) is 65.2 cm³/mol. The van der Waals surface area contributed by atoms with Gasteiger partial charge < -0.3 is 9.64 Å². The number of carbonyl (C=O) groups is 1. The molecule has 92 valence electrons. The largest absolute Gasteiger partial charge is 0.472 e. The van der Waals surface area contributed by atoms with E-state index in [0.717, 1.165) is 6.42 Å². The normalized spacial score (nSPS) is 21.3. The SMILES string of the molecule is CC(Cl)C(=O)N1CCC(Oc2ccccn2)C1. The summed E-state index contributed by atoms with van der Waals surface area (Å²) in [6, 6.07) is 5.53. The van der Waals surface area contributed by atoms with E-state index in [-0.39, 0.29) is 12.0 Å². The highest BCUT2D eigenvalue weighted by atomic mass is 35.5. The van der Waals surface area contributed by atoms with E-state index in [1.807, 2.05) is 18.2 Å². The Morgan fingerprint density at radius 3 is 3.12 bits per heavy atom. The molecule has 0 spiro atoms. The van der Waals surface area contributed by atoms with E-state index >= 15 is 0 Å². The summed E-state index contributed by atoms with van der Waals surface area (Å²) in [4.78, 5) is 17.5. The number of hydrogen-bond acceptors (Lipinski definition) is 3. The molecule has 2 unspecified atom stereocenters. The number of rotatable bonds is 3. The quantitative estimate of drug-likeness (QED) is 0.771. The number of likely N-dealkylation sites (tertiary alicyclic amines) is 1. The van der Waals surface area contributed by atoms with E-state index in [4.69, 9.17) is 16.3 Å². The zero-order valence-corrected chi connectivity index (χ0v) is 10.4. The number of pyridine rings is 1. The molecule has 1 aromatic heterocycles. The van der Waals surface area contributed by atoms with Gasteiger partial charge >= 0.3 is 0 Å². The molecule has 0 aliphatic carbocycles. The van der Waals surface area contributed by atoms with Crippen molar-refractivity contribution in [1.29, 1.82) is 0 Å². The molecule has 1 saturated heterocycles. The fourth-order valence-corrected chi connectivity index (χ4v) is 2.00. The molecule has 1 fully saturated rings. The number of amides is 1. The fourth-order valence-electron chi connectivity index (χ4n) is 1.86. The van der Waals surface area contributed by atoms with Gasteiger partial charge in [0.05, 0.1) is 6.54 Å². The summed E-state index contributed by atoms with van der Waals surface area (Å²) in [5.74, 6) is 0.574. The third kappa shape index (κ3) is 3.09. The van der Waals surface area contributed by atoms with E-state index in [2.05, 4.69) is 4.98 Å². The van der Waals surface area contributed by atoms with Crippen LogP contribution in [-0.2, 0) is 4.79 Å². The first-order valence-corrected chi connectivity index (χ1v) is 6.11. The standard InChI is InChI=1S/C12H15ClN2O2/c1-9(13)12(16)15-7-5-10(8-15)17-11-4-2-3-6-14-11/h2-4,6,9-10H,5,7-8H2,1H3. The summed E-state index contributed by atoms with van der Waals surface area (Å²) in [5.41, 5.74) is 0. The van der Waals surface area contributed by atoms with Crippen molar-refractivity contribution in [3.05, 3.63) is 24.4 Å². The molecule has 2 atom stereocenters. The Labute approximate surface area is 106 Å². The first-order valence-electron chi connectivity index (χ1n) is 5.67. The van der Waals surface area contributed by atoms with Crippen LogP contribution in [-0.4, -0.2) is 40.4 Å². The van der Waals surface area contributed by atoms with Crippen LogP contribution in [0.15, 0.2) is 24.4 Å². The molecule has 2 rings (SSSR count). The highest BCUT2D eigenvalue weighted by Crippen LogP contribution is 2.17. The zero-order valence-electron chi connectivity index (χ0n) is 9.67. The van der Waals surface area contributed by atoms with Crippen LogP contribution in [0.4, 0.5) is 0 Å². The molecule has 17 heavy (non-hydrogen) atoms. The Kier molecular flexibility index (Phi) is 3.84. The molecular weight excluding hydrogens is 240 g/mol. The van der Waals surface area contributed by atoms with Crippen LogP contribution in [0.25, 0.3) is 0 Å². The minimum absolute atomic E-state index is 0.0178. The molecule has 1 aliphatic heterocycles. The Bertz CT molecular complexity index is 383. The van der Waals surface area contributed by atoms with Crippen LogP contribution in [0.3, 0.4) is 0 Å². The number of carbonyl (C=O) groups excluding carboxylic acids is 1. The van der Waals surface area contributed by atoms with Crippen molar-refractivity contribution in [2.24, 2.45) is 0 Å². The lowest BCUT2D eigenvalue weighted by atomic mass is 10.3. The van der Waals surface area contributed by atoms with Gasteiger partial charge in [0.2, 0.25) is 11.8 Å². The van der Waals surface area contributed by atoms with E-state index in [1.165, 1.54) is 0 Å². The number of nitrogens with zero attached hydrogens (tertiary/aromatic N) is 2. The van der Waals surface area contributed by atoms with Crippen molar-refractivity contribution in [2.45, 2.75) is 24.8 Å². The first-order chi connectivity index (χ1) is 8.16. The highest BCUT2D eigenvalue weighted by Gasteiger charge is 2.29. The lowest BCUT2D eigenvalue weighted by Crippen LogP contribution is -2.35. The molecule has 1 aliphatic rings. The minimum Gasteiger partial charge on any atom is -0.472 e. The van der Waals surface area contributed by atoms with Crippen LogP contribution in [0.1, 0.15) is 13.3 Å². The van der Waals surface area contributed by atoms with Crippen LogP contribution in [0.2, 0.25) is 0 Å². The van der Waals surface area contributed by atoms with Crippen LogP contribution in [0, 0.1) is 0 Å². The number of hydrogen-bond donors (Lipinski definition) is 0. The maximum absolute atomic E-state index is 11.7. The van der Waals surface area contributed by atoms with E-state index < -0.39 is 5.38 Å². The Morgan fingerprint density at radius 1 is 1.65 bits per heavy atom. The van der Waals surface area contributed by atoms with Gasteiger partial charge in [0.1, 0.15) is 11.5 Å². The second kappa shape index (κ2) is 5.36. The maximum atomic E-state index is 11.7.